The molecule has 10 heteroatoms. The van der Waals surface area contributed by atoms with Crippen LogP contribution in [0.3, 0.4) is 0 Å². The van der Waals surface area contributed by atoms with Gasteiger partial charge in [-0.25, -0.2) is 0 Å². The van der Waals surface area contributed by atoms with E-state index in [0.717, 1.165) is 17.1 Å². The van der Waals surface area contributed by atoms with Crippen LogP contribution in [0.25, 0.3) is 20.0 Å². The SMILES string of the molecule is c1ccc(-c2[se]c(-c3ccccc3)c3c2N2c4cccc5c4B(c4cccc6c4N5c4ccccc4[Se]6)c4ccc5c(c42)N3c2cc(N(c3ccccc3)c3ccccc3)cc3c2B5c2cccc4c2N3c2ccccc2[Se]4)cc1. The number of nitrogens with zero attached hydrogens (tertiary/aromatic N) is 5. The Hall–Kier alpha value is -8.41. The van der Waals surface area contributed by atoms with Crippen molar-refractivity contribution in [3.05, 3.63) is 249 Å². The third-order valence-corrected chi connectivity index (χ3v) is 24.8. The first kappa shape index (κ1) is 44.4. The normalized spacial score (nSPS) is 14.2. The third kappa shape index (κ3) is 5.85. The second-order valence-corrected chi connectivity index (χ2v) is 28.2. The van der Waals surface area contributed by atoms with E-state index in [1.165, 1.54) is 139 Å². The van der Waals surface area contributed by atoms with Crippen LogP contribution in [0.1, 0.15) is 0 Å². The van der Waals surface area contributed by atoms with E-state index in [9.17, 15) is 0 Å². The Balaban J connectivity index is 0.987. The molecule has 7 aliphatic heterocycles. The summed E-state index contributed by atoms with van der Waals surface area (Å²) >= 11 is 0.197. The molecule has 0 aliphatic carbocycles. The van der Waals surface area contributed by atoms with Crippen LogP contribution in [0.2, 0.25) is 0 Å². The Bertz CT molecular complexity index is 4630. The monoisotopic (exact) mass is 1210 g/mol. The standard InChI is InChI=1S/C70H41B2N5Se3/c1-5-20-42(21-6-1)69-67-68(70(80-69)43-22-7-2-8-23-43)77-56-41-46(73(44-24-9-3-10-25-44)45-26-11-4-12-27-45)40-55-62(56)72(48-29-18-37-60-64(48)75(55)52-31-14-16-35-58(52)79-60)50-39-38-49-65(66(50)77)76(67)54-33-19-32-53-61(54)71(49)47-28-17-36-59-63(47)74(53)51-30-13-15-34-57(51)78-59/h1-41H. The molecule has 0 saturated carbocycles. The van der Waals surface area contributed by atoms with Gasteiger partial charge in [0, 0.05) is 0 Å². The fourth-order valence-corrected chi connectivity index (χ4v) is 21.8. The number of para-hydroxylation sites is 6. The van der Waals surface area contributed by atoms with Crippen molar-refractivity contribution >= 4 is 194 Å². The van der Waals surface area contributed by atoms with Gasteiger partial charge in [0.15, 0.2) is 0 Å². The summed E-state index contributed by atoms with van der Waals surface area (Å²) < 4.78 is 8.52. The molecule has 0 radical (unpaired) electrons. The molecule has 11 aromatic carbocycles. The molecule has 0 saturated heterocycles. The van der Waals surface area contributed by atoms with Crippen molar-refractivity contribution < 1.29 is 0 Å². The van der Waals surface area contributed by atoms with Gasteiger partial charge in [0.2, 0.25) is 0 Å². The fourth-order valence-electron chi connectivity index (χ4n) is 14.5. The van der Waals surface area contributed by atoms with Gasteiger partial charge in [-0.15, -0.1) is 0 Å². The molecule has 1 aromatic heterocycles. The van der Waals surface area contributed by atoms with Crippen LogP contribution in [0, 0.1) is 0 Å². The molecule has 80 heavy (non-hydrogen) atoms. The van der Waals surface area contributed by atoms with Crippen LogP contribution < -0.4 is 75.1 Å². The van der Waals surface area contributed by atoms with E-state index in [2.05, 4.69) is 273 Å². The zero-order chi connectivity index (χ0) is 51.9. The predicted molar refractivity (Wildman–Crippen MR) is 341 cm³/mol. The predicted octanol–water partition coefficient (Wildman–Crippen LogP) is 9.96. The molecule has 0 fully saturated rings. The van der Waals surface area contributed by atoms with Crippen molar-refractivity contribution in [2.45, 2.75) is 0 Å². The van der Waals surface area contributed by atoms with Crippen LogP contribution in [0.5, 0.6) is 0 Å². The van der Waals surface area contributed by atoms with Crippen LogP contribution in [0.4, 0.5) is 85.3 Å². The van der Waals surface area contributed by atoms with Crippen molar-refractivity contribution in [2.75, 3.05) is 24.5 Å². The molecule has 0 unspecified atom stereocenters. The van der Waals surface area contributed by atoms with Crippen molar-refractivity contribution in [2.24, 2.45) is 0 Å². The van der Waals surface area contributed by atoms with Gasteiger partial charge in [-0.05, 0) is 0 Å². The van der Waals surface area contributed by atoms with Gasteiger partial charge in [0.1, 0.15) is 0 Å². The van der Waals surface area contributed by atoms with E-state index in [1.54, 1.807) is 0 Å². The van der Waals surface area contributed by atoms with Crippen LogP contribution >= 0.6 is 0 Å². The molecule has 0 atom stereocenters. The zero-order valence-electron chi connectivity index (χ0n) is 42.8. The van der Waals surface area contributed by atoms with E-state index in [-0.39, 0.29) is 57.8 Å². The number of benzene rings is 11. The molecule has 19 rings (SSSR count). The fraction of sp³-hybridized carbons (Fsp3) is 0. The summed E-state index contributed by atoms with van der Waals surface area (Å²) in [5.41, 5.74) is 29.7. The van der Waals surface area contributed by atoms with Gasteiger partial charge < -0.3 is 0 Å². The van der Waals surface area contributed by atoms with E-state index < -0.39 is 0 Å². The molecule has 370 valence electrons. The maximum absolute atomic E-state index is 2.81. The molecular weight excluding hydrogens is 1170 g/mol. The average molecular weight is 1210 g/mol. The molecule has 7 aliphatic rings. The van der Waals surface area contributed by atoms with Gasteiger partial charge in [0.05, 0.1) is 0 Å². The Morgan fingerprint density at radius 1 is 0.275 bits per heavy atom. The van der Waals surface area contributed by atoms with Gasteiger partial charge in [-0.3, -0.25) is 0 Å². The summed E-state index contributed by atoms with van der Waals surface area (Å²) in [5, 5.41) is 0. The van der Waals surface area contributed by atoms with Crippen LogP contribution in [-0.2, 0) is 0 Å². The molecule has 0 amide bonds. The molecule has 5 nitrogen and oxygen atoms in total. The number of hydrogen-bond donors (Lipinski definition) is 0. The van der Waals surface area contributed by atoms with Crippen molar-refractivity contribution in [1.29, 1.82) is 0 Å². The summed E-state index contributed by atoms with van der Waals surface area (Å²) in [6, 6.07) is 95.0. The Morgan fingerprint density at radius 3 is 1.18 bits per heavy atom. The summed E-state index contributed by atoms with van der Waals surface area (Å²) in [4.78, 5) is 13.4. The molecular formula is C70H41B2N5Se3. The van der Waals surface area contributed by atoms with Gasteiger partial charge in [-0.2, -0.15) is 0 Å². The number of fused-ring (bicyclic) bond motifs is 15. The van der Waals surface area contributed by atoms with Crippen LogP contribution in [0.15, 0.2) is 249 Å². The Kier molecular flexibility index (Phi) is 9.21. The number of hydrogen-bond acceptors (Lipinski definition) is 5. The minimum atomic E-state index is -0.0964. The Morgan fingerprint density at radius 2 is 0.650 bits per heavy atom. The molecule has 12 aromatic rings. The molecule has 0 spiro atoms. The second-order valence-electron chi connectivity index (χ2n) is 21.5. The first-order chi connectivity index (χ1) is 39.7. The van der Waals surface area contributed by atoms with E-state index in [1.807, 2.05) is 0 Å². The summed E-state index contributed by atoms with van der Waals surface area (Å²) in [6.45, 7) is -0.0224. The van der Waals surface area contributed by atoms with Crippen molar-refractivity contribution in [1.82, 2.24) is 0 Å². The van der Waals surface area contributed by atoms with E-state index in [4.69, 9.17) is 0 Å². The number of rotatable bonds is 5. The second kappa shape index (κ2) is 16.6. The summed E-state index contributed by atoms with van der Waals surface area (Å²) in [5.74, 6) is 0. The van der Waals surface area contributed by atoms with Gasteiger partial charge in [0.25, 0.3) is 0 Å². The molecule has 0 N–H and O–H groups in total. The van der Waals surface area contributed by atoms with Gasteiger partial charge >= 0.3 is 487 Å². The Labute approximate surface area is 483 Å². The topological polar surface area (TPSA) is 16.2 Å². The quantitative estimate of drug-likeness (QED) is 0.159. The number of anilines is 15. The third-order valence-electron chi connectivity index (χ3n) is 17.5. The first-order valence-electron chi connectivity index (χ1n) is 27.4. The summed E-state index contributed by atoms with van der Waals surface area (Å²) in [6.07, 6.45) is 0. The molecule has 0 bridgehead atoms. The maximum atomic E-state index is 2.81. The first-order valence-corrected chi connectivity index (χ1v) is 32.5. The van der Waals surface area contributed by atoms with Crippen LogP contribution in [-0.4, -0.2) is 57.8 Å². The average Bonchev–Trinajstić information content (AvgIpc) is 3.40. The van der Waals surface area contributed by atoms with E-state index in [0.29, 0.717) is 0 Å². The van der Waals surface area contributed by atoms with E-state index >= 15 is 0 Å². The zero-order valence-corrected chi connectivity index (χ0v) is 47.9. The summed E-state index contributed by atoms with van der Waals surface area (Å²) in [7, 11) is 0. The van der Waals surface area contributed by atoms with Gasteiger partial charge in [-0.1, -0.05) is 0 Å². The minimum absolute atomic E-state index is 0.0131. The molecule has 8 heterocycles. The van der Waals surface area contributed by atoms with Crippen molar-refractivity contribution in [3.8, 4) is 20.0 Å². The van der Waals surface area contributed by atoms with Crippen molar-refractivity contribution in [3.63, 3.8) is 0 Å².